The molecule has 1 fully saturated rings. The quantitative estimate of drug-likeness (QED) is 0.615. The van der Waals surface area contributed by atoms with Crippen LogP contribution in [-0.2, 0) is 4.79 Å². The Kier molecular flexibility index (Phi) is 4.10. The largest absolute Gasteiger partial charge is 0.394 e. The molecule has 4 nitrogen and oxygen atoms in total. The number of hydrogen-bond acceptors (Lipinski definition) is 3. The zero-order valence-corrected chi connectivity index (χ0v) is 8.57. The number of aliphatic hydroxyl groups is 1. The van der Waals surface area contributed by atoms with Crippen LogP contribution >= 0.6 is 0 Å². The first-order valence-corrected chi connectivity index (χ1v) is 4.95. The molecule has 0 bridgehead atoms. The number of hydrogen-bond donors (Lipinski definition) is 2. The summed E-state index contributed by atoms with van der Waals surface area (Å²) in [5, 5.41) is 12.0. The SMILES string of the molecule is C=CCN1CCC(C)NC(=O)C1CO. The molecule has 2 atom stereocenters. The van der Waals surface area contributed by atoms with Gasteiger partial charge in [0.25, 0.3) is 0 Å². The smallest absolute Gasteiger partial charge is 0.239 e. The Labute approximate surface area is 84.6 Å². The van der Waals surface area contributed by atoms with Gasteiger partial charge in [0.2, 0.25) is 5.91 Å². The minimum atomic E-state index is -0.419. The zero-order chi connectivity index (χ0) is 10.6. The van der Waals surface area contributed by atoms with E-state index in [4.69, 9.17) is 5.11 Å². The third kappa shape index (κ3) is 2.56. The fraction of sp³-hybridized carbons (Fsp3) is 0.700. The molecular weight excluding hydrogens is 180 g/mol. The highest BCUT2D eigenvalue weighted by molar-refractivity contribution is 5.82. The topological polar surface area (TPSA) is 52.6 Å². The van der Waals surface area contributed by atoms with Gasteiger partial charge in [-0.2, -0.15) is 0 Å². The van der Waals surface area contributed by atoms with Crippen LogP contribution in [0.3, 0.4) is 0 Å². The van der Waals surface area contributed by atoms with Gasteiger partial charge in [0.1, 0.15) is 6.04 Å². The van der Waals surface area contributed by atoms with Crippen molar-refractivity contribution >= 4 is 5.91 Å². The highest BCUT2D eigenvalue weighted by Crippen LogP contribution is 2.08. The van der Waals surface area contributed by atoms with Crippen molar-refractivity contribution in [2.75, 3.05) is 19.7 Å². The van der Waals surface area contributed by atoms with Gasteiger partial charge in [-0.3, -0.25) is 9.69 Å². The van der Waals surface area contributed by atoms with E-state index in [1.54, 1.807) is 6.08 Å². The first kappa shape index (κ1) is 11.2. The van der Waals surface area contributed by atoms with Gasteiger partial charge in [-0.05, 0) is 13.3 Å². The zero-order valence-electron chi connectivity index (χ0n) is 8.57. The van der Waals surface area contributed by atoms with Crippen molar-refractivity contribution in [2.45, 2.75) is 25.4 Å². The molecule has 1 aliphatic heterocycles. The van der Waals surface area contributed by atoms with Gasteiger partial charge in [-0.25, -0.2) is 0 Å². The van der Waals surface area contributed by atoms with Gasteiger partial charge in [0.05, 0.1) is 6.61 Å². The van der Waals surface area contributed by atoms with E-state index in [0.29, 0.717) is 6.54 Å². The number of nitrogens with one attached hydrogen (secondary N) is 1. The number of nitrogens with zero attached hydrogens (tertiary/aromatic N) is 1. The highest BCUT2D eigenvalue weighted by Gasteiger charge is 2.28. The average molecular weight is 198 g/mol. The lowest BCUT2D eigenvalue weighted by molar-refractivity contribution is -0.127. The fourth-order valence-electron chi connectivity index (χ4n) is 1.68. The van der Waals surface area contributed by atoms with Crippen LogP contribution in [0.25, 0.3) is 0 Å². The summed E-state index contributed by atoms with van der Waals surface area (Å²) in [5.41, 5.74) is 0. The summed E-state index contributed by atoms with van der Waals surface area (Å²) in [7, 11) is 0. The van der Waals surface area contributed by atoms with Crippen molar-refractivity contribution in [3.8, 4) is 0 Å². The second-order valence-corrected chi connectivity index (χ2v) is 3.68. The van der Waals surface area contributed by atoms with Gasteiger partial charge >= 0.3 is 0 Å². The molecule has 0 aromatic rings. The van der Waals surface area contributed by atoms with Gasteiger partial charge in [-0.15, -0.1) is 6.58 Å². The van der Waals surface area contributed by atoms with E-state index in [1.807, 2.05) is 11.8 Å². The standard InChI is InChI=1S/C10H18N2O2/c1-3-5-12-6-4-8(2)11-10(14)9(12)7-13/h3,8-9,13H,1,4-7H2,2H3,(H,11,14). The maximum Gasteiger partial charge on any atom is 0.239 e. The predicted molar refractivity (Wildman–Crippen MR) is 54.9 cm³/mol. The van der Waals surface area contributed by atoms with E-state index in [1.165, 1.54) is 0 Å². The monoisotopic (exact) mass is 198 g/mol. The Bertz CT molecular complexity index is 218. The van der Waals surface area contributed by atoms with E-state index < -0.39 is 6.04 Å². The van der Waals surface area contributed by atoms with Crippen molar-refractivity contribution in [2.24, 2.45) is 0 Å². The Morgan fingerprint density at radius 3 is 3.07 bits per heavy atom. The molecule has 1 rings (SSSR count). The highest BCUT2D eigenvalue weighted by atomic mass is 16.3. The lowest BCUT2D eigenvalue weighted by Gasteiger charge is -2.24. The first-order chi connectivity index (χ1) is 6.69. The molecule has 1 heterocycles. The number of aliphatic hydroxyl groups excluding tert-OH is 1. The summed E-state index contributed by atoms with van der Waals surface area (Å²) in [5.74, 6) is -0.0839. The molecule has 1 amide bonds. The third-order valence-electron chi connectivity index (χ3n) is 2.52. The van der Waals surface area contributed by atoms with E-state index >= 15 is 0 Å². The third-order valence-corrected chi connectivity index (χ3v) is 2.52. The van der Waals surface area contributed by atoms with E-state index in [2.05, 4.69) is 11.9 Å². The number of carbonyl (C=O) groups excluding carboxylic acids is 1. The maximum atomic E-state index is 11.6. The van der Waals surface area contributed by atoms with Crippen LogP contribution in [0.2, 0.25) is 0 Å². The Morgan fingerprint density at radius 2 is 2.50 bits per heavy atom. The van der Waals surface area contributed by atoms with Crippen LogP contribution in [0.15, 0.2) is 12.7 Å². The van der Waals surface area contributed by atoms with E-state index in [0.717, 1.165) is 13.0 Å². The molecule has 0 radical (unpaired) electrons. The lowest BCUT2D eigenvalue weighted by atomic mass is 10.2. The molecule has 80 valence electrons. The fourth-order valence-corrected chi connectivity index (χ4v) is 1.68. The summed E-state index contributed by atoms with van der Waals surface area (Å²) in [4.78, 5) is 13.5. The van der Waals surface area contributed by atoms with Crippen LogP contribution < -0.4 is 5.32 Å². The van der Waals surface area contributed by atoms with Gasteiger partial charge in [0, 0.05) is 19.1 Å². The first-order valence-electron chi connectivity index (χ1n) is 4.95. The molecule has 0 aromatic carbocycles. The Balaban J connectivity index is 2.70. The summed E-state index contributed by atoms with van der Waals surface area (Å²) < 4.78 is 0. The molecule has 2 unspecified atom stereocenters. The Morgan fingerprint density at radius 1 is 1.79 bits per heavy atom. The van der Waals surface area contributed by atoms with Crippen LogP contribution in [0.4, 0.5) is 0 Å². The lowest BCUT2D eigenvalue weighted by Crippen LogP contribution is -2.47. The molecule has 2 N–H and O–H groups in total. The average Bonchev–Trinajstić information content (AvgIpc) is 2.26. The summed E-state index contributed by atoms with van der Waals surface area (Å²) in [6.07, 6.45) is 2.67. The van der Waals surface area contributed by atoms with Crippen molar-refractivity contribution in [3.05, 3.63) is 12.7 Å². The Hall–Kier alpha value is -0.870. The molecule has 0 aliphatic carbocycles. The second kappa shape index (κ2) is 5.12. The van der Waals surface area contributed by atoms with Crippen LogP contribution in [0.5, 0.6) is 0 Å². The summed E-state index contributed by atoms with van der Waals surface area (Å²) in [6.45, 7) is 6.95. The minimum absolute atomic E-state index is 0.0839. The van der Waals surface area contributed by atoms with Gasteiger partial charge in [-0.1, -0.05) is 6.08 Å². The molecular formula is C10H18N2O2. The molecule has 0 aromatic heterocycles. The number of rotatable bonds is 3. The number of carbonyl (C=O) groups is 1. The summed E-state index contributed by atoms with van der Waals surface area (Å²) in [6, 6.07) is -0.232. The van der Waals surface area contributed by atoms with Crippen molar-refractivity contribution in [1.82, 2.24) is 10.2 Å². The molecule has 0 spiro atoms. The molecule has 0 saturated carbocycles. The minimum Gasteiger partial charge on any atom is -0.394 e. The van der Waals surface area contributed by atoms with Crippen molar-refractivity contribution in [1.29, 1.82) is 0 Å². The van der Waals surface area contributed by atoms with Gasteiger partial charge < -0.3 is 10.4 Å². The molecule has 14 heavy (non-hydrogen) atoms. The molecule has 1 saturated heterocycles. The maximum absolute atomic E-state index is 11.6. The normalized spacial score (nSPS) is 29.4. The van der Waals surface area contributed by atoms with E-state index in [-0.39, 0.29) is 18.6 Å². The second-order valence-electron chi connectivity index (χ2n) is 3.68. The van der Waals surface area contributed by atoms with Crippen molar-refractivity contribution in [3.63, 3.8) is 0 Å². The number of amides is 1. The van der Waals surface area contributed by atoms with E-state index in [9.17, 15) is 4.79 Å². The van der Waals surface area contributed by atoms with Crippen LogP contribution in [0, 0.1) is 0 Å². The van der Waals surface area contributed by atoms with Crippen LogP contribution in [0.1, 0.15) is 13.3 Å². The summed E-state index contributed by atoms with van der Waals surface area (Å²) >= 11 is 0. The van der Waals surface area contributed by atoms with Crippen molar-refractivity contribution < 1.29 is 9.90 Å². The predicted octanol–water partition coefficient (Wildman–Crippen LogP) is -0.256. The van der Waals surface area contributed by atoms with Crippen LogP contribution in [-0.4, -0.2) is 47.7 Å². The van der Waals surface area contributed by atoms with Gasteiger partial charge in [0.15, 0.2) is 0 Å². The molecule has 4 heteroatoms. The molecule has 1 aliphatic rings.